The van der Waals surface area contributed by atoms with E-state index in [1.54, 1.807) is 24.3 Å². The number of hydrogen-bond donors (Lipinski definition) is 2. The van der Waals surface area contributed by atoms with E-state index in [0.29, 0.717) is 22.4 Å². The molecule has 0 saturated carbocycles. The number of aromatic nitrogens is 2. The molecule has 33 heavy (non-hydrogen) atoms. The quantitative estimate of drug-likeness (QED) is 0.362. The minimum Gasteiger partial charge on any atom is -0.411 e. The fourth-order valence-corrected chi connectivity index (χ4v) is 3.73. The molecule has 1 heterocycles. The normalized spacial score (nSPS) is 11.5. The molecule has 3 aromatic carbocycles. The Labute approximate surface area is 195 Å². The van der Waals surface area contributed by atoms with Crippen LogP contribution >= 0.6 is 11.8 Å². The Morgan fingerprint density at radius 1 is 0.909 bits per heavy atom. The first-order chi connectivity index (χ1) is 16.1. The summed E-state index contributed by atoms with van der Waals surface area (Å²) in [4.78, 5) is 25.4. The second-order valence-electron chi connectivity index (χ2n) is 7.23. The fourth-order valence-electron chi connectivity index (χ4n) is 3.17. The number of rotatable bonds is 8. The van der Waals surface area contributed by atoms with Crippen LogP contribution < -0.4 is 10.6 Å². The van der Waals surface area contributed by atoms with E-state index in [4.69, 9.17) is 4.42 Å². The number of nitrogens with one attached hydrogen (secondary N) is 2. The molecule has 0 bridgehead atoms. The van der Waals surface area contributed by atoms with Crippen LogP contribution in [0.15, 0.2) is 94.6 Å². The van der Waals surface area contributed by atoms with Crippen LogP contribution in [0.4, 0.5) is 5.69 Å². The standard InChI is InChI=1S/C25H22N4O3S/c1-17(18-10-4-2-5-11-18)26-23(31)20-14-8-9-15-21(20)27-22(30)16-33-25-29-28-24(32-25)19-12-6-3-7-13-19/h2-15,17H,16H2,1H3,(H,26,31)(H,27,30)/t17-/m0/s1. The van der Waals surface area contributed by atoms with Crippen LogP contribution in [-0.2, 0) is 4.79 Å². The Morgan fingerprint density at radius 3 is 2.33 bits per heavy atom. The fraction of sp³-hybridized carbons (Fsp3) is 0.120. The molecule has 166 valence electrons. The summed E-state index contributed by atoms with van der Waals surface area (Å²) in [6, 6.07) is 25.8. The van der Waals surface area contributed by atoms with Crippen molar-refractivity contribution in [3.63, 3.8) is 0 Å². The summed E-state index contributed by atoms with van der Waals surface area (Å²) in [6.45, 7) is 1.92. The summed E-state index contributed by atoms with van der Waals surface area (Å²) in [5.74, 6) is -0.0875. The van der Waals surface area contributed by atoms with E-state index in [9.17, 15) is 9.59 Å². The van der Waals surface area contributed by atoms with Gasteiger partial charge in [-0.2, -0.15) is 0 Å². The van der Waals surface area contributed by atoms with Gasteiger partial charge >= 0.3 is 0 Å². The number of thioether (sulfide) groups is 1. The van der Waals surface area contributed by atoms with Gasteiger partial charge in [0.1, 0.15) is 0 Å². The van der Waals surface area contributed by atoms with Gasteiger partial charge < -0.3 is 15.1 Å². The second-order valence-corrected chi connectivity index (χ2v) is 8.15. The molecule has 8 heteroatoms. The number of hydrogen-bond acceptors (Lipinski definition) is 6. The molecule has 0 radical (unpaired) electrons. The highest BCUT2D eigenvalue weighted by atomic mass is 32.2. The van der Waals surface area contributed by atoms with Crippen LogP contribution in [0.1, 0.15) is 28.9 Å². The summed E-state index contributed by atoms with van der Waals surface area (Å²) in [6.07, 6.45) is 0. The molecule has 0 unspecified atom stereocenters. The van der Waals surface area contributed by atoms with Crippen molar-refractivity contribution in [2.45, 2.75) is 18.2 Å². The van der Waals surface area contributed by atoms with Crippen LogP contribution in [0, 0.1) is 0 Å². The molecule has 0 aliphatic heterocycles. The number of anilines is 1. The maximum atomic E-state index is 12.8. The van der Waals surface area contributed by atoms with Crippen molar-refractivity contribution in [1.82, 2.24) is 15.5 Å². The van der Waals surface area contributed by atoms with Crippen molar-refractivity contribution in [3.05, 3.63) is 96.1 Å². The number of amides is 2. The van der Waals surface area contributed by atoms with Crippen LogP contribution in [0.25, 0.3) is 11.5 Å². The van der Waals surface area contributed by atoms with Gasteiger partial charge in [0.25, 0.3) is 11.1 Å². The first kappa shape index (κ1) is 22.3. The van der Waals surface area contributed by atoms with Crippen molar-refractivity contribution in [2.75, 3.05) is 11.1 Å². The van der Waals surface area contributed by atoms with Crippen LogP contribution in [0.3, 0.4) is 0 Å². The Hall–Kier alpha value is -3.91. The molecule has 0 fully saturated rings. The van der Waals surface area contributed by atoms with Crippen LogP contribution in [-0.4, -0.2) is 27.8 Å². The predicted octanol–water partition coefficient (Wildman–Crippen LogP) is 4.96. The summed E-state index contributed by atoms with van der Waals surface area (Å²) in [5, 5.41) is 14.1. The molecule has 0 saturated heterocycles. The van der Waals surface area contributed by atoms with E-state index in [1.165, 1.54) is 0 Å². The van der Waals surface area contributed by atoms with E-state index >= 15 is 0 Å². The van der Waals surface area contributed by atoms with Gasteiger partial charge in [-0.3, -0.25) is 9.59 Å². The molecule has 1 atom stereocenters. The molecule has 1 aromatic heterocycles. The summed E-state index contributed by atoms with van der Waals surface area (Å²) in [5.41, 5.74) is 2.64. The molecule has 0 aliphatic carbocycles. The van der Waals surface area contributed by atoms with Gasteiger partial charge in [-0.15, -0.1) is 10.2 Å². The number of benzene rings is 3. The third-order valence-electron chi connectivity index (χ3n) is 4.85. The lowest BCUT2D eigenvalue weighted by atomic mass is 10.1. The first-order valence-electron chi connectivity index (χ1n) is 10.4. The van der Waals surface area contributed by atoms with Gasteiger partial charge in [0.2, 0.25) is 11.8 Å². The second kappa shape index (κ2) is 10.6. The van der Waals surface area contributed by atoms with Crippen molar-refractivity contribution < 1.29 is 14.0 Å². The molecule has 4 aromatic rings. The molecule has 2 amide bonds. The number of carbonyl (C=O) groups excluding carboxylic acids is 2. The van der Waals surface area contributed by atoms with Gasteiger partial charge in [-0.05, 0) is 36.8 Å². The van der Waals surface area contributed by atoms with Gasteiger partial charge in [-0.1, -0.05) is 72.4 Å². The van der Waals surface area contributed by atoms with Crippen molar-refractivity contribution in [1.29, 1.82) is 0 Å². The first-order valence-corrected chi connectivity index (χ1v) is 11.3. The average Bonchev–Trinajstić information content (AvgIpc) is 3.33. The molecule has 2 N–H and O–H groups in total. The number of para-hydroxylation sites is 1. The smallest absolute Gasteiger partial charge is 0.277 e. The Morgan fingerprint density at radius 2 is 1.58 bits per heavy atom. The molecule has 7 nitrogen and oxygen atoms in total. The zero-order chi connectivity index (χ0) is 23.0. The topological polar surface area (TPSA) is 97.1 Å². The van der Waals surface area contributed by atoms with Crippen molar-refractivity contribution in [2.24, 2.45) is 0 Å². The van der Waals surface area contributed by atoms with E-state index in [-0.39, 0.29) is 23.6 Å². The van der Waals surface area contributed by atoms with E-state index in [2.05, 4.69) is 20.8 Å². The largest absolute Gasteiger partial charge is 0.411 e. The van der Waals surface area contributed by atoms with Crippen molar-refractivity contribution in [3.8, 4) is 11.5 Å². The monoisotopic (exact) mass is 458 g/mol. The predicted molar refractivity (Wildman–Crippen MR) is 128 cm³/mol. The summed E-state index contributed by atoms with van der Waals surface area (Å²) in [7, 11) is 0. The molecule has 0 aliphatic rings. The third-order valence-corrected chi connectivity index (χ3v) is 5.67. The molecule has 0 spiro atoms. The SMILES string of the molecule is C[C@H](NC(=O)c1ccccc1NC(=O)CSc1nnc(-c2ccccc2)o1)c1ccccc1. The molecular weight excluding hydrogens is 436 g/mol. The van der Waals surface area contributed by atoms with Gasteiger partial charge in [0.15, 0.2) is 0 Å². The Bertz CT molecular complexity index is 1230. The molecule has 4 rings (SSSR count). The number of carbonyl (C=O) groups is 2. The van der Waals surface area contributed by atoms with Gasteiger partial charge in [0.05, 0.1) is 23.0 Å². The van der Waals surface area contributed by atoms with Crippen molar-refractivity contribution >= 4 is 29.3 Å². The lowest BCUT2D eigenvalue weighted by Gasteiger charge is -2.16. The van der Waals surface area contributed by atoms with Crippen LogP contribution in [0.2, 0.25) is 0 Å². The Kier molecular flexibility index (Phi) is 7.16. The zero-order valence-electron chi connectivity index (χ0n) is 17.9. The summed E-state index contributed by atoms with van der Waals surface area (Å²) >= 11 is 1.13. The lowest BCUT2D eigenvalue weighted by molar-refractivity contribution is -0.113. The van der Waals surface area contributed by atoms with Crippen LogP contribution in [0.5, 0.6) is 0 Å². The van der Waals surface area contributed by atoms with E-state index in [1.807, 2.05) is 67.6 Å². The highest BCUT2D eigenvalue weighted by Gasteiger charge is 2.17. The highest BCUT2D eigenvalue weighted by Crippen LogP contribution is 2.23. The maximum Gasteiger partial charge on any atom is 0.277 e. The number of nitrogens with zero attached hydrogens (tertiary/aromatic N) is 2. The minimum absolute atomic E-state index is 0.0623. The Balaban J connectivity index is 1.36. The van der Waals surface area contributed by atoms with Gasteiger partial charge in [-0.25, -0.2) is 0 Å². The minimum atomic E-state index is -0.282. The average molecular weight is 459 g/mol. The highest BCUT2D eigenvalue weighted by molar-refractivity contribution is 7.99. The molecular formula is C25H22N4O3S. The zero-order valence-corrected chi connectivity index (χ0v) is 18.7. The van der Waals surface area contributed by atoms with E-state index in [0.717, 1.165) is 22.9 Å². The maximum absolute atomic E-state index is 12.8. The van der Waals surface area contributed by atoms with Gasteiger partial charge in [0, 0.05) is 5.56 Å². The van der Waals surface area contributed by atoms with E-state index < -0.39 is 0 Å². The summed E-state index contributed by atoms with van der Waals surface area (Å²) < 4.78 is 5.61. The third kappa shape index (κ3) is 5.87. The lowest BCUT2D eigenvalue weighted by Crippen LogP contribution is -2.28.